The second-order valence-electron chi connectivity index (χ2n) is 2.56. The molecular formula is C5H9NO5S. The molecule has 1 amide bonds. The zero-order valence-corrected chi connectivity index (χ0v) is 7.24. The summed E-state index contributed by atoms with van der Waals surface area (Å²) >= 11 is 0. The largest absolute Gasteiger partial charge is 0.398 e. The molecule has 12 heavy (non-hydrogen) atoms. The zero-order chi connectivity index (χ0) is 9.35. The first kappa shape index (κ1) is 9.43. The lowest BCUT2D eigenvalue weighted by Crippen LogP contribution is -2.29. The first-order chi connectivity index (χ1) is 5.40. The van der Waals surface area contributed by atoms with E-state index in [-0.39, 0.29) is 6.42 Å². The summed E-state index contributed by atoms with van der Waals surface area (Å²) in [6, 6.07) is 0. The highest BCUT2D eigenvalue weighted by atomic mass is 32.3. The highest BCUT2D eigenvalue weighted by Crippen LogP contribution is 2.13. The predicted octanol–water partition coefficient (Wildman–Crippen LogP) is -0.963. The Kier molecular flexibility index (Phi) is 2.36. The molecule has 1 aliphatic heterocycles. The van der Waals surface area contributed by atoms with Crippen LogP contribution in [0.25, 0.3) is 0 Å². The van der Waals surface area contributed by atoms with Gasteiger partial charge in [-0.25, -0.2) is 4.18 Å². The first-order valence-corrected chi connectivity index (χ1v) is 4.67. The van der Waals surface area contributed by atoms with Crippen LogP contribution in [-0.2, 0) is 19.4 Å². The minimum atomic E-state index is -4.51. The highest BCUT2D eigenvalue weighted by molar-refractivity contribution is 7.80. The molecule has 0 aromatic carbocycles. The maximum absolute atomic E-state index is 11.0. The van der Waals surface area contributed by atoms with Crippen LogP contribution < -0.4 is 0 Å². The Morgan fingerprint density at radius 2 is 2.25 bits per heavy atom. The summed E-state index contributed by atoms with van der Waals surface area (Å²) in [7, 11) is -2.97. The van der Waals surface area contributed by atoms with E-state index in [9.17, 15) is 13.2 Å². The van der Waals surface area contributed by atoms with Gasteiger partial charge in [0, 0.05) is 20.0 Å². The van der Waals surface area contributed by atoms with E-state index in [1.165, 1.54) is 11.9 Å². The van der Waals surface area contributed by atoms with E-state index in [1.54, 1.807) is 0 Å². The molecule has 0 spiro atoms. The van der Waals surface area contributed by atoms with Crippen LogP contribution in [0.2, 0.25) is 0 Å². The van der Waals surface area contributed by atoms with Crippen LogP contribution in [0.15, 0.2) is 0 Å². The quantitative estimate of drug-likeness (QED) is 0.573. The number of likely N-dealkylation sites (N-methyl/N-ethyl adjacent to an activating group) is 1. The van der Waals surface area contributed by atoms with Gasteiger partial charge in [-0.2, -0.15) is 8.42 Å². The molecule has 1 aliphatic rings. The average molecular weight is 195 g/mol. The predicted molar refractivity (Wildman–Crippen MR) is 38.7 cm³/mol. The average Bonchev–Trinajstić information content (AvgIpc) is 2.16. The van der Waals surface area contributed by atoms with Gasteiger partial charge < -0.3 is 4.90 Å². The van der Waals surface area contributed by atoms with Gasteiger partial charge in [-0.1, -0.05) is 0 Å². The second-order valence-corrected chi connectivity index (χ2v) is 3.61. The maximum Gasteiger partial charge on any atom is 0.398 e. The molecule has 0 radical (unpaired) electrons. The molecule has 1 fully saturated rings. The molecule has 1 N–H and O–H groups in total. The Balaban J connectivity index is 2.62. The Labute approximate surface area is 70.1 Å². The normalized spacial score (nSPS) is 25.0. The van der Waals surface area contributed by atoms with Crippen LogP contribution in [0.5, 0.6) is 0 Å². The zero-order valence-electron chi connectivity index (χ0n) is 6.43. The van der Waals surface area contributed by atoms with Gasteiger partial charge >= 0.3 is 10.4 Å². The fraction of sp³-hybridized carbons (Fsp3) is 0.800. The molecule has 1 rings (SSSR count). The number of likely N-dealkylation sites (tertiary alicyclic amines) is 1. The van der Waals surface area contributed by atoms with E-state index in [1.807, 2.05) is 0 Å². The number of amides is 1. The molecule has 7 heteroatoms. The molecular weight excluding hydrogens is 186 g/mol. The minimum absolute atomic E-state index is 0.287. The van der Waals surface area contributed by atoms with Crippen molar-refractivity contribution in [2.75, 3.05) is 13.6 Å². The smallest absolute Gasteiger partial charge is 0.343 e. The first-order valence-electron chi connectivity index (χ1n) is 3.31. The Bertz CT molecular complexity index is 284. The van der Waals surface area contributed by atoms with Crippen LogP contribution in [0, 0.1) is 0 Å². The fourth-order valence-corrected chi connectivity index (χ4v) is 1.50. The van der Waals surface area contributed by atoms with Crippen molar-refractivity contribution in [3.63, 3.8) is 0 Å². The van der Waals surface area contributed by atoms with Crippen molar-refractivity contribution in [3.05, 3.63) is 0 Å². The molecule has 1 atom stereocenters. The van der Waals surface area contributed by atoms with E-state index in [2.05, 4.69) is 4.18 Å². The van der Waals surface area contributed by atoms with Crippen molar-refractivity contribution in [2.45, 2.75) is 12.5 Å². The van der Waals surface area contributed by atoms with E-state index in [4.69, 9.17) is 4.55 Å². The SMILES string of the molecule is CN1CCC(OS(=O)(=O)O)C1=O. The van der Waals surface area contributed by atoms with Gasteiger partial charge in [0.05, 0.1) is 0 Å². The topological polar surface area (TPSA) is 83.9 Å². The van der Waals surface area contributed by atoms with Gasteiger partial charge in [0.15, 0.2) is 6.10 Å². The van der Waals surface area contributed by atoms with Crippen molar-refractivity contribution in [1.29, 1.82) is 0 Å². The van der Waals surface area contributed by atoms with Crippen LogP contribution >= 0.6 is 0 Å². The monoisotopic (exact) mass is 195 g/mol. The van der Waals surface area contributed by atoms with Crippen LogP contribution in [0.1, 0.15) is 6.42 Å². The number of hydrogen-bond acceptors (Lipinski definition) is 4. The summed E-state index contributed by atoms with van der Waals surface area (Å²) in [5.41, 5.74) is 0. The van der Waals surface area contributed by atoms with Gasteiger partial charge in [0.2, 0.25) is 0 Å². The third kappa shape index (κ3) is 2.16. The Morgan fingerprint density at radius 3 is 2.58 bits per heavy atom. The molecule has 0 bridgehead atoms. The number of carbonyl (C=O) groups is 1. The Hall–Kier alpha value is -0.660. The molecule has 1 heterocycles. The summed E-state index contributed by atoms with van der Waals surface area (Å²) in [6.45, 7) is 0.443. The summed E-state index contributed by atoms with van der Waals surface area (Å²) in [5, 5.41) is 0. The standard InChI is InChI=1S/C5H9NO5S/c1-6-3-2-4(5(6)7)11-12(8,9)10/h4H,2-3H2,1H3,(H,8,9,10). The lowest BCUT2D eigenvalue weighted by Gasteiger charge is -2.08. The highest BCUT2D eigenvalue weighted by Gasteiger charge is 2.33. The van der Waals surface area contributed by atoms with Gasteiger partial charge in [-0.05, 0) is 0 Å². The van der Waals surface area contributed by atoms with Gasteiger partial charge in [-0.15, -0.1) is 0 Å². The lowest BCUT2D eigenvalue weighted by atomic mass is 10.3. The Morgan fingerprint density at radius 1 is 1.67 bits per heavy atom. The summed E-state index contributed by atoms with van der Waals surface area (Å²) < 4.78 is 32.8. The van der Waals surface area contributed by atoms with Gasteiger partial charge in [0.25, 0.3) is 5.91 Å². The van der Waals surface area contributed by atoms with Crippen molar-refractivity contribution in [1.82, 2.24) is 4.90 Å². The van der Waals surface area contributed by atoms with Crippen molar-refractivity contribution in [3.8, 4) is 0 Å². The molecule has 0 aliphatic carbocycles. The van der Waals surface area contributed by atoms with E-state index in [0.717, 1.165) is 0 Å². The van der Waals surface area contributed by atoms with E-state index in [0.29, 0.717) is 6.54 Å². The number of nitrogens with zero attached hydrogens (tertiary/aromatic N) is 1. The van der Waals surface area contributed by atoms with Crippen LogP contribution in [0.4, 0.5) is 0 Å². The summed E-state index contributed by atoms with van der Waals surface area (Å²) in [6.07, 6.45) is -0.764. The third-order valence-electron chi connectivity index (χ3n) is 1.62. The lowest BCUT2D eigenvalue weighted by molar-refractivity contribution is -0.132. The van der Waals surface area contributed by atoms with Crippen molar-refractivity contribution in [2.24, 2.45) is 0 Å². The van der Waals surface area contributed by atoms with Crippen LogP contribution in [-0.4, -0.2) is 43.5 Å². The molecule has 1 saturated heterocycles. The van der Waals surface area contributed by atoms with Crippen molar-refractivity contribution < 1.29 is 21.9 Å². The van der Waals surface area contributed by atoms with E-state index < -0.39 is 22.4 Å². The molecule has 6 nitrogen and oxygen atoms in total. The summed E-state index contributed by atoms with van der Waals surface area (Å²) in [4.78, 5) is 12.4. The van der Waals surface area contributed by atoms with Gasteiger partial charge in [0.1, 0.15) is 0 Å². The maximum atomic E-state index is 11.0. The fourth-order valence-electron chi connectivity index (χ4n) is 1.03. The van der Waals surface area contributed by atoms with E-state index >= 15 is 0 Å². The number of hydrogen-bond donors (Lipinski definition) is 1. The van der Waals surface area contributed by atoms with Crippen LogP contribution in [0.3, 0.4) is 0 Å². The molecule has 1 unspecified atom stereocenters. The minimum Gasteiger partial charge on any atom is -0.343 e. The summed E-state index contributed by atoms with van der Waals surface area (Å²) in [5.74, 6) is -0.423. The molecule has 0 aromatic heterocycles. The number of rotatable bonds is 2. The van der Waals surface area contributed by atoms with Crippen molar-refractivity contribution >= 4 is 16.3 Å². The molecule has 0 aromatic rings. The second kappa shape index (κ2) is 3.00. The molecule has 70 valence electrons. The van der Waals surface area contributed by atoms with Gasteiger partial charge in [-0.3, -0.25) is 9.35 Å². The third-order valence-corrected chi connectivity index (χ3v) is 2.09. The number of carbonyl (C=O) groups excluding carboxylic acids is 1. The molecule has 0 saturated carbocycles.